The van der Waals surface area contributed by atoms with Crippen molar-refractivity contribution in [3.63, 3.8) is 0 Å². The van der Waals surface area contributed by atoms with Gasteiger partial charge in [0, 0.05) is 12.7 Å². The van der Waals surface area contributed by atoms with Crippen molar-refractivity contribution in [1.29, 1.82) is 0 Å². The van der Waals surface area contributed by atoms with Gasteiger partial charge >= 0.3 is 0 Å². The molecular weight excluding hydrogens is 368 g/mol. The van der Waals surface area contributed by atoms with Crippen LogP contribution in [0, 0.1) is 13.8 Å². The van der Waals surface area contributed by atoms with E-state index in [4.69, 9.17) is 4.42 Å². The van der Waals surface area contributed by atoms with Crippen LogP contribution < -0.4 is 5.32 Å². The lowest BCUT2D eigenvalue weighted by Gasteiger charge is -2.14. The third-order valence-corrected chi connectivity index (χ3v) is 5.84. The molecule has 2 heterocycles. The van der Waals surface area contributed by atoms with Gasteiger partial charge in [-0.15, -0.1) is 10.2 Å². The minimum atomic E-state index is 0.0188. The van der Waals surface area contributed by atoms with Gasteiger partial charge in [-0.1, -0.05) is 29.2 Å². The number of nitrogens with zero attached hydrogens (tertiary/aromatic N) is 3. The number of anilines is 2. The molecule has 0 spiro atoms. The number of furan rings is 1. The summed E-state index contributed by atoms with van der Waals surface area (Å²) in [4.78, 5) is 13.9. The molecule has 136 valence electrons. The molecule has 0 aliphatic carbocycles. The second-order valence-electron chi connectivity index (χ2n) is 5.91. The van der Waals surface area contributed by atoms with Gasteiger partial charge in [0.05, 0.1) is 18.6 Å². The standard InChI is InChI=1S/C18H20N4O2S2/c1-12-6-7-14(9-13(12)2)19-17-20-21-18(26-17)25-11-16(23)22(3)10-15-5-4-8-24-15/h4-9H,10-11H2,1-3H3,(H,19,20). The van der Waals surface area contributed by atoms with Crippen LogP contribution in [0.15, 0.2) is 45.4 Å². The monoisotopic (exact) mass is 388 g/mol. The number of amides is 1. The number of hydrogen-bond donors (Lipinski definition) is 1. The Morgan fingerprint density at radius 1 is 1.27 bits per heavy atom. The van der Waals surface area contributed by atoms with E-state index in [2.05, 4.69) is 41.5 Å². The molecule has 1 N–H and O–H groups in total. The molecule has 0 aliphatic heterocycles. The largest absolute Gasteiger partial charge is 0.467 e. The van der Waals surface area contributed by atoms with Crippen LogP contribution >= 0.6 is 23.1 Å². The van der Waals surface area contributed by atoms with Crippen LogP contribution in [0.4, 0.5) is 10.8 Å². The molecule has 1 amide bonds. The maximum atomic E-state index is 12.2. The molecule has 26 heavy (non-hydrogen) atoms. The maximum absolute atomic E-state index is 12.2. The van der Waals surface area contributed by atoms with E-state index in [-0.39, 0.29) is 5.91 Å². The average Bonchev–Trinajstić information content (AvgIpc) is 3.28. The van der Waals surface area contributed by atoms with E-state index in [0.29, 0.717) is 17.4 Å². The minimum Gasteiger partial charge on any atom is -0.467 e. The van der Waals surface area contributed by atoms with E-state index in [1.807, 2.05) is 18.2 Å². The van der Waals surface area contributed by atoms with E-state index in [9.17, 15) is 4.79 Å². The van der Waals surface area contributed by atoms with Crippen molar-refractivity contribution in [3.8, 4) is 0 Å². The number of hydrogen-bond acceptors (Lipinski definition) is 7. The Labute approximate surface area is 160 Å². The third kappa shape index (κ3) is 4.86. The zero-order valence-electron chi connectivity index (χ0n) is 14.9. The number of aryl methyl sites for hydroxylation is 2. The number of carbonyl (C=O) groups is 1. The molecule has 3 rings (SSSR count). The molecule has 3 aromatic rings. The molecule has 2 aromatic heterocycles. The van der Waals surface area contributed by atoms with Crippen LogP contribution in [0.1, 0.15) is 16.9 Å². The first-order chi connectivity index (χ1) is 12.5. The quantitative estimate of drug-likeness (QED) is 0.610. The maximum Gasteiger partial charge on any atom is 0.233 e. The van der Waals surface area contributed by atoms with E-state index < -0.39 is 0 Å². The van der Waals surface area contributed by atoms with E-state index in [1.54, 1.807) is 18.2 Å². The Morgan fingerprint density at radius 3 is 2.85 bits per heavy atom. The first-order valence-electron chi connectivity index (χ1n) is 8.08. The molecule has 0 radical (unpaired) electrons. The highest BCUT2D eigenvalue weighted by Gasteiger charge is 2.13. The van der Waals surface area contributed by atoms with Crippen LogP contribution in [0.25, 0.3) is 0 Å². The Morgan fingerprint density at radius 2 is 2.12 bits per heavy atom. The van der Waals surface area contributed by atoms with Crippen LogP contribution in [0.3, 0.4) is 0 Å². The molecule has 0 atom stereocenters. The SMILES string of the molecule is Cc1ccc(Nc2nnc(SCC(=O)N(C)Cc3ccco3)s2)cc1C. The van der Waals surface area contributed by atoms with Crippen molar-refractivity contribution in [2.75, 3.05) is 18.1 Å². The third-order valence-electron chi connectivity index (χ3n) is 3.88. The fraction of sp³-hybridized carbons (Fsp3) is 0.278. The molecule has 0 fully saturated rings. The number of carbonyl (C=O) groups excluding carboxylic acids is 1. The average molecular weight is 389 g/mol. The van der Waals surface area contributed by atoms with Crippen molar-refractivity contribution in [3.05, 3.63) is 53.5 Å². The lowest BCUT2D eigenvalue weighted by molar-refractivity contribution is -0.127. The Kier molecular flexibility index (Phi) is 5.95. The summed E-state index contributed by atoms with van der Waals surface area (Å²) in [5.41, 5.74) is 3.45. The summed E-state index contributed by atoms with van der Waals surface area (Å²) >= 11 is 2.83. The van der Waals surface area contributed by atoms with Crippen molar-refractivity contribution in [1.82, 2.24) is 15.1 Å². The van der Waals surface area contributed by atoms with E-state index >= 15 is 0 Å². The normalized spacial score (nSPS) is 10.7. The molecule has 0 saturated carbocycles. The molecule has 8 heteroatoms. The van der Waals surface area contributed by atoms with E-state index in [1.165, 1.54) is 34.2 Å². The second kappa shape index (κ2) is 8.37. The molecule has 0 saturated heterocycles. The highest BCUT2D eigenvalue weighted by Crippen LogP contribution is 2.28. The second-order valence-corrected chi connectivity index (χ2v) is 8.11. The summed E-state index contributed by atoms with van der Waals surface area (Å²) in [5, 5.41) is 12.3. The van der Waals surface area contributed by atoms with Crippen molar-refractivity contribution >= 4 is 39.8 Å². The Balaban J connectivity index is 1.51. The molecule has 0 bridgehead atoms. The Hall–Kier alpha value is -2.32. The van der Waals surface area contributed by atoms with Gasteiger partial charge in [-0.25, -0.2) is 0 Å². The summed E-state index contributed by atoms with van der Waals surface area (Å²) in [6.07, 6.45) is 1.60. The van der Waals surface area contributed by atoms with Crippen LogP contribution in [-0.4, -0.2) is 33.8 Å². The number of benzene rings is 1. The molecular formula is C18H20N4O2S2. The predicted octanol–water partition coefficient (Wildman–Crippen LogP) is 4.24. The summed E-state index contributed by atoms with van der Waals surface area (Å²) < 4.78 is 6.02. The number of thioether (sulfide) groups is 1. The minimum absolute atomic E-state index is 0.0188. The number of nitrogens with one attached hydrogen (secondary N) is 1. The molecule has 0 aliphatic rings. The van der Waals surface area contributed by atoms with Gasteiger partial charge in [0.2, 0.25) is 11.0 Å². The topological polar surface area (TPSA) is 71.3 Å². The first-order valence-corrected chi connectivity index (χ1v) is 9.88. The molecule has 0 unspecified atom stereocenters. The van der Waals surface area contributed by atoms with Gasteiger partial charge in [-0.05, 0) is 49.2 Å². The van der Waals surface area contributed by atoms with Gasteiger partial charge in [0.1, 0.15) is 5.76 Å². The van der Waals surface area contributed by atoms with Crippen LogP contribution in [0.2, 0.25) is 0 Å². The fourth-order valence-corrected chi connectivity index (χ4v) is 3.93. The van der Waals surface area contributed by atoms with E-state index in [0.717, 1.165) is 15.8 Å². The summed E-state index contributed by atoms with van der Waals surface area (Å²) in [7, 11) is 1.76. The van der Waals surface area contributed by atoms with Gasteiger partial charge in [-0.2, -0.15) is 0 Å². The summed E-state index contributed by atoms with van der Waals surface area (Å²) in [5.74, 6) is 1.10. The zero-order chi connectivity index (χ0) is 18.5. The molecule has 1 aromatic carbocycles. The van der Waals surface area contributed by atoms with Crippen molar-refractivity contribution in [2.24, 2.45) is 0 Å². The lowest BCUT2D eigenvalue weighted by atomic mass is 10.1. The van der Waals surface area contributed by atoms with Gasteiger partial charge in [-0.3, -0.25) is 4.79 Å². The molecule has 6 nitrogen and oxygen atoms in total. The van der Waals surface area contributed by atoms with Gasteiger partial charge < -0.3 is 14.6 Å². The summed E-state index contributed by atoms with van der Waals surface area (Å²) in [6, 6.07) is 9.84. The van der Waals surface area contributed by atoms with Gasteiger partial charge in [0.25, 0.3) is 0 Å². The smallest absolute Gasteiger partial charge is 0.233 e. The first kappa shape index (κ1) is 18.5. The zero-order valence-corrected chi connectivity index (χ0v) is 16.5. The van der Waals surface area contributed by atoms with Gasteiger partial charge in [0.15, 0.2) is 4.34 Å². The highest BCUT2D eigenvalue weighted by atomic mass is 32.2. The van der Waals surface area contributed by atoms with Crippen molar-refractivity contribution < 1.29 is 9.21 Å². The summed E-state index contributed by atoms with van der Waals surface area (Å²) in [6.45, 7) is 4.62. The highest BCUT2D eigenvalue weighted by molar-refractivity contribution is 8.01. The van der Waals surface area contributed by atoms with Crippen LogP contribution in [-0.2, 0) is 11.3 Å². The van der Waals surface area contributed by atoms with Crippen molar-refractivity contribution in [2.45, 2.75) is 24.7 Å². The fourth-order valence-electron chi connectivity index (χ4n) is 2.22. The number of rotatable bonds is 7. The lowest BCUT2D eigenvalue weighted by Crippen LogP contribution is -2.27. The predicted molar refractivity (Wildman–Crippen MR) is 105 cm³/mol. The Bertz CT molecular complexity index is 877. The van der Waals surface area contributed by atoms with Crippen LogP contribution in [0.5, 0.6) is 0 Å². The number of aromatic nitrogens is 2.